The van der Waals surface area contributed by atoms with Crippen molar-refractivity contribution in [3.8, 4) is 22.8 Å². The molecule has 1 unspecified atom stereocenters. The Hall–Kier alpha value is -4.24. The first kappa shape index (κ1) is 23.5. The molecule has 1 amide bonds. The summed E-state index contributed by atoms with van der Waals surface area (Å²) in [5, 5.41) is 12.6. The lowest BCUT2D eigenvalue weighted by molar-refractivity contribution is -0.133. The Balaban J connectivity index is 1.48. The summed E-state index contributed by atoms with van der Waals surface area (Å²) >= 11 is 1.57. The van der Waals surface area contributed by atoms with Crippen molar-refractivity contribution in [2.45, 2.75) is 19.0 Å². The number of ether oxygens (including phenoxy) is 2. The largest absolute Gasteiger partial charge is 0.493 e. The highest BCUT2D eigenvalue weighted by Crippen LogP contribution is 2.38. The van der Waals surface area contributed by atoms with E-state index in [1.165, 1.54) is 15.8 Å². The van der Waals surface area contributed by atoms with E-state index in [-0.39, 0.29) is 24.1 Å². The minimum absolute atomic E-state index is 0.232. The Morgan fingerprint density at radius 2 is 1.81 bits per heavy atom. The fraction of sp³-hybridized carbons (Fsp3) is 0.185. The predicted molar refractivity (Wildman–Crippen MR) is 139 cm³/mol. The van der Waals surface area contributed by atoms with Gasteiger partial charge in [-0.05, 0) is 35.2 Å². The number of thiophene rings is 1. The molecule has 1 aliphatic heterocycles. The number of amides is 1. The van der Waals surface area contributed by atoms with E-state index < -0.39 is 0 Å². The van der Waals surface area contributed by atoms with Crippen LogP contribution >= 0.6 is 11.3 Å². The van der Waals surface area contributed by atoms with Crippen LogP contribution in [-0.2, 0) is 11.3 Å². The minimum atomic E-state index is -0.359. The number of aromatic nitrogens is 2. The molecule has 0 radical (unpaired) electrons. The molecule has 8 nitrogen and oxygen atoms in total. The molecule has 0 fully saturated rings. The van der Waals surface area contributed by atoms with Crippen LogP contribution in [-0.4, -0.2) is 40.6 Å². The minimum Gasteiger partial charge on any atom is -0.493 e. The van der Waals surface area contributed by atoms with Crippen molar-refractivity contribution in [2.24, 2.45) is 5.10 Å². The number of hydrazone groups is 1. The Bertz CT molecular complexity index is 1460. The van der Waals surface area contributed by atoms with Crippen LogP contribution in [0.25, 0.3) is 11.3 Å². The van der Waals surface area contributed by atoms with Crippen LogP contribution in [0.4, 0.5) is 0 Å². The summed E-state index contributed by atoms with van der Waals surface area (Å²) in [5.41, 5.74) is 2.79. The van der Waals surface area contributed by atoms with Crippen molar-refractivity contribution in [1.29, 1.82) is 0 Å². The smallest absolute Gasteiger partial charge is 0.267 e. The van der Waals surface area contributed by atoms with Crippen LogP contribution in [0.5, 0.6) is 11.5 Å². The lowest BCUT2D eigenvalue weighted by Crippen LogP contribution is -2.35. The third kappa shape index (κ3) is 4.65. The van der Waals surface area contributed by atoms with Gasteiger partial charge in [-0.2, -0.15) is 10.2 Å². The van der Waals surface area contributed by atoms with E-state index in [2.05, 4.69) is 10.2 Å². The Kier molecular flexibility index (Phi) is 6.64. The Morgan fingerprint density at radius 1 is 1.00 bits per heavy atom. The lowest BCUT2D eigenvalue weighted by atomic mass is 10.0. The number of carbonyl (C=O) groups excluding carboxylic acids is 1. The summed E-state index contributed by atoms with van der Waals surface area (Å²) in [6, 6.07) is 21.8. The highest BCUT2D eigenvalue weighted by Gasteiger charge is 2.34. The molecule has 1 aliphatic rings. The first-order valence-electron chi connectivity index (χ1n) is 11.4. The van der Waals surface area contributed by atoms with E-state index in [4.69, 9.17) is 9.47 Å². The maximum Gasteiger partial charge on any atom is 0.267 e. The predicted octanol–water partition coefficient (Wildman–Crippen LogP) is 4.37. The van der Waals surface area contributed by atoms with Crippen molar-refractivity contribution in [3.63, 3.8) is 0 Å². The Labute approximate surface area is 212 Å². The second kappa shape index (κ2) is 10.2. The van der Waals surface area contributed by atoms with Gasteiger partial charge in [-0.1, -0.05) is 42.5 Å². The molecule has 36 heavy (non-hydrogen) atoms. The zero-order chi connectivity index (χ0) is 25.1. The summed E-state index contributed by atoms with van der Waals surface area (Å²) < 4.78 is 12.0. The van der Waals surface area contributed by atoms with Crippen molar-refractivity contribution >= 4 is 23.0 Å². The van der Waals surface area contributed by atoms with Gasteiger partial charge in [0, 0.05) is 18.1 Å². The molecule has 182 valence electrons. The van der Waals surface area contributed by atoms with E-state index in [1.807, 2.05) is 66.0 Å². The zero-order valence-corrected chi connectivity index (χ0v) is 20.6. The third-order valence-corrected chi connectivity index (χ3v) is 6.90. The molecule has 9 heteroatoms. The van der Waals surface area contributed by atoms with Gasteiger partial charge in [0.25, 0.3) is 11.5 Å². The van der Waals surface area contributed by atoms with Gasteiger partial charge in [-0.15, -0.1) is 11.3 Å². The van der Waals surface area contributed by atoms with Crippen molar-refractivity contribution in [1.82, 2.24) is 14.8 Å². The van der Waals surface area contributed by atoms with E-state index in [0.717, 1.165) is 21.7 Å². The van der Waals surface area contributed by atoms with Crippen LogP contribution < -0.4 is 15.0 Å². The van der Waals surface area contributed by atoms with E-state index in [0.29, 0.717) is 23.6 Å². The normalized spacial score (nSPS) is 15.0. The zero-order valence-electron chi connectivity index (χ0n) is 19.8. The second-order valence-electron chi connectivity index (χ2n) is 8.18. The second-order valence-corrected chi connectivity index (χ2v) is 9.12. The van der Waals surface area contributed by atoms with Crippen LogP contribution in [0.2, 0.25) is 0 Å². The fourth-order valence-corrected chi connectivity index (χ4v) is 4.90. The van der Waals surface area contributed by atoms with Gasteiger partial charge < -0.3 is 9.47 Å². The molecule has 0 aliphatic carbocycles. The van der Waals surface area contributed by atoms with Crippen molar-refractivity contribution in [3.05, 3.63) is 99.0 Å². The van der Waals surface area contributed by atoms with Crippen LogP contribution in [0.15, 0.2) is 88.1 Å². The summed E-state index contributed by atoms with van der Waals surface area (Å²) in [7, 11) is 3.15. The molecule has 0 spiro atoms. The molecule has 0 saturated heterocycles. The quantitative estimate of drug-likeness (QED) is 0.376. The van der Waals surface area contributed by atoms with Gasteiger partial charge in [0.15, 0.2) is 11.5 Å². The Morgan fingerprint density at radius 3 is 2.53 bits per heavy atom. The number of hydrogen-bond acceptors (Lipinski definition) is 7. The molecule has 3 heterocycles. The number of nitrogens with zero attached hydrogens (tertiary/aromatic N) is 4. The number of methoxy groups -OCH3 is 2. The average molecular weight is 501 g/mol. The summed E-state index contributed by atoms with van der Waals surface area (Å²) in [6.45, 7) is -0.232. The van der Waals surface area contributed by atoms with Gasteiger partial charge in [-0.3, -0.25) is 9.59 Å². The highest BCUT2D eigenvalue weighted by molar-refractivity contribution is 7.12. The molecule has 2 aromatic carbocycles. The van der Waals surface area contributed by atoms with Gasteiger partial charge in [0.1, 0.15) is 6.54 Å². The molecule has 4 aromatic rings. The summed E-state index contributed by atoms with van der Waals surface area (Å²) in [4.78, 5) is 27.1. The SMILES string of the molecule is COc1ccc(C2CC(c3cccs3)=NN2C(=O)Cn2nc(-c3ccccc3)ccc2=O)cc1OC. The molecule has 1 atom stereocenters. The van der Waals surface area contributed by atoms with E-state index in [1.54, 1.807) is 31.6 Å². The first-order chi connectivity index (χ1) is 17.6. The van der Waals surface area contributed by atoms with Crippen LogP contribution in [0.1, 0.15) is 22.9 Å². The van der Waals surface area contributed by atoms with Gasteiger partial charge >= 0.3 is 0 Å². The standard InChI is InChI=1S/C27H24N4O4S/c1-34-23-12-10-19(15-24(23)35-2)22-16-21(25-9-6-14-36-25)29-31(22)27(33)17-30-26(32)13-11-20(28-30)18-7-4-3-5-8-18/h3-15,22H,16-17H2,1-2H3. The van der Waals surface area contributed by atoms with E-state index >= 15 is 0 Å². The van der Waals surface area contributed by atoms with Gasteiger partial charge in [0.2, 0.25) is 0 Å². The van der Waals surface area contributed by atoms with Crippen LogP contribution in [0.3, 0.4) is 0 Å². The highest BCUT2D eigenvalue weighted by atomic mass is 32.1. The molecule has 2 aromatic heterocycles. The average Bonchev–Trinajstić information content (AvgIpc) is 3.60. The number of hydrogen-bond donors (Lipinski definition) is 0. The maximum atomic E-state index is 13.6. The maximum absolute atomic E-state index is 13.6. The molecule has 5 rings (SSSR count). The number of carbonyl (C=O) groups is 1. The van der Waals surface area contributed by atoms with E-state index in [9.17, 15) is 9.59 Å². The molecular weight excluding hydrogens is 476 g/mol. The first-order valence-corrected chi connectivity index (χ1v) is 12.2. The fourth-order valence-electron chi connectivity index (χ4n) is 4.18. The third-order valence-electron chi connectivity index (χ3n) is 5.99. The van der Waals surface area contributed by atoms with Crippen molar-refractivity contribution < 1.29 is 14.3 Å². The van der Waals surface area contributed by atoms with Gasteiger partial charge in [-0.25, -0.2) is 9.69 Å². The number of benzene rings is 2. The van der Waals surface area contributed by atoms with Gasteiger partial charge in [0.05, 0.1) is 36.5 Å². The molecular formula is C27H24N4O4S. The summed E-state index contributed by atoms with van der Waals surface area (Å²) in [5.74, 6) is 0.839. The summed E-state index contributed by atoms with van der Waals surface area (Å²) in [6.07, 6.45) is 0.536. The monoisotopic (exact) mass is 500 g/mol. The van der Waals surface area contributed by atoms with Crippen LogP contribution in [0, 0.1) is 0 Å². The number of rotatable bonds is 7. The molecule has 0 saturated carbocycles. The van der Waals surface area contributed by atoms with Crippen molar-refractivity contribution in [2.75, 3.05) is 14.2 Å². The molecule has 0 bridgehead atoms. The lowest BCUT2D eigenvalue weighted by Gasteiger charge is -2.23. The molecule has 0 N–H and O–H groups in total. The topological polar surface area (TPSA) is 86.0 Å².